The molecule has 0 aliphatic carbocycles. The number of fused-ring (bicyclic) bond motifs is 1. The van der Waals surface area contributed by atoms with Crippen molar-refractivity contribution in [3.05, 3.63) is 63.3 Å². The molecule has 3 N–H and O–H groups in total. The maximum absolute atomic E-state index is 12.6. The molecule has 5 nitrogen and oxygen atoms in total. The van der Waals surface area contributed by atoms with Gasteiger partial charge in [-0.1, -0.05) is 11.6 Å². The average Bonchev–Trinajstić information content (AvgIpc) is 2.56. The summed E-state index contributed by atoms with van der Waals surface area (Å²) in [6, 6.07) is 7.50. The SMILES string of the molecule is CC(C)=CCc1c(O)cc2oc(-c3ccc(O)c(C)c3)cc(=O)c2c1O. The van der Waals surface area contributed by atoms with Gasteiger partial charge in [0.2, 0.25) is 0 Å². The lowest BCUT2D eigenvalue weighted by atomic mass is 10.0. The van der Waals surface area contributed by atoms with Gasteiger partial charge in [-0.05, 0) is 51.0 Å². The van der Waals surface area contributed by atoms with Crippen LogP contribution in [-0.2, 0) is 6.42 Å². The van der Waals surface area contributed by atoms with E-state index in [1.54, 1.807) is 19.1 Å². The summed E-state index contributed by atoms with van der Waals surface area (Å²) >= 11 is 0. The lowest BCUT2D eigenvalue weighted by molar-refractivity contribution is 0.443. The molecule has 3 aromatic rings. The number of aromatic hydroxyl groups is 3. The number of aryl methyl sites for hydroxylation is 1. The molecule has 0 amide bonds. The van der Waals surface area contributed by atoms with Crippen LogP contribution >= 0.6 is 0 Å². The number of rotatable bonds is 3. The van der Waals surface area contributed by atoms with Crippen molar-refractivity contribution >= 4 is 11.0 Å². The smallest absolute Gasteiger partial charge is 0.197 e. The highest BCUT2D eigenvalue weighted by Crippen LogP contribution is 2.36. The van der Waals surface area contributed by atoms with Crippen molar-refractivity contribution in [2.45, 2.75) is 27.2 Å². The van der Waals surface area contributed by atoms with Crippen LogP contribution in [0.25, 0.3) is 22.3 Å². The zero-order chi connectivity index (χ0) is 19.0. The lowest BCUT2D eigenvalue weighted by Crippen LogP contribution is -2.02. The third kappa shape index (κ3) is 3.16. The van der Waals surface area contributed by atoms with Crippen LogP contribution in [0.2, 0.25) is 0 Å². The molecule has 0 atom stereocenters. The molecule has 134 valence electrons. The van der Waals surface area contributed by atoms with Crippen molar-refractivity contribution in [1.82, 2.24) is 0 Å². The molecule has 1 aromatic heterocycles. The molecule has 0 unspecified atom stereocenters. The van der Waals surface area contributed by atoms with Crippen LogP contribution in [0.5, 0.6) is 17.2 Å². The van der Waals surface area contributed by atoms with Gasteiger partial charge in [0.15, 0.2) is 5.43 Å². The van der Waals surface area contributed by atoms with Gasteiger partial charge >= 0.3 is 0 Å². The molecule has 0 saturated heterocycles. The van der Waals surface area contributed by atoms with E-state index in [0.29, 0.717) is 28.9 Å². The number of hydrogen-bond donors (Lipinski definition) is 3. The van der Waals surface area contributed by atoms with E-state index in [1.165, 1.54) is 18.2 Å². The predicted octanol–water partition coefficient (Wildman–Crippen LogP) is 4.39. The minimum atomic E-state index is -0.400. The van der Waals surface area contributed by atoms with Crippen LogP contribution in [0, 0.1) is 6.92 Å². The van der Waals surface area contributed by atoms with E-state index in [9.17, 15) is 20.1 Å². The van der Waals surface area contributed by atoms with Crippen molar-refractivity contribution in [2.75, 3.05) is 0 Å². The molecule has 0 saturated carbocycles. The summed E-state index contributed by atoms with van der Waals surface area (Å²) in [6.07, 6.45) is 2.17. The van der Waals surface area contributed by atoms with Gasteiger partial charge in [-0.25, -0.2) is 0 Å². The Hall–Kier alpha value is -3.21. The Morgan fingerprint density at radius 2 is 1.81 bits per heavy atom. The van der Waals surface area contributed by atoms with Gasteiger partial charge in [0.25, 0.3) is 0 Å². The van der Waals surface area contributed by atoms with Crippen molar-refractivity contribution in [3.8, 4) is 28.6 Å². The summed E-state index contributed by atoms with van der Waals surface area (Å²) in [5.74, 6) is 0.0481. The summed E-state index contributed by atoms with van der Waals surface area (Å²) in [5.41, 5.74) is 2.30. The second-order valence-electron chi connectivity index (χ2n) is 6.56. The van der Waals surface area contributed by atoms with Crippen molar-refractivity contribution < 1.29 is 19.7 Å². The number of phenols is 3. The number of hydrogen-bond acceptors (Lipinski definition) is 5. The van der Waals surface area contributed by atoms with Gasteiger partial charge in [0.1, 0.15) is 34.0 Å². The van der Waals surface area contributed by atoms with Crippen molar-refractivity contribution in [1.29, 1.82) is 0 Å². The maximum atomic E-state index is 12.6. The zero-order valence-electron chi connectivity index (χ0n) is 14.8. The van der Waals surface area contributed by atoms with Crippen molar-refractivity contribution in [3.63, 3.8) is 0 Å². The highest BCUT2D eigenvalue weighted by Gasteiger charge is 2.17. The minimum absolute atomic E-state index is 0.0409. The standard InChI is InChI=1S/C21H20O5/c1-11(2)4-6-14-16(23)9-19-20(21(14)25)17(24)10-18(26-19)13-5-7-15(22)12(3)8-13/h4-5,7-10,22-23,25H,6H2,1-3H3. The highest BCUT2D eigenvalue weighted by atomic mass is 16.3. The van der Waals surface area contributed by atoms with E-state index in [1.807, 2.05) is 19.9 Å². The van der Waals surface area contributed by atoms with Crippen LogP contribution in [0.15, 0.2) is 51.2 Å². The summed E-state index contributed by atoms with van der Waals surface area (Å²) < 4.78 is 5.75. The molecule has 0 fully saturated rings. The van der Waals surface area contributed by atoms with Gasteiger partial charge in [-0.3, -0.25) is 4.79 Å². The Balaban J connectivity index is 2.21. The first-order valence-electron chi connectivity index (χ1n) is 8.23. The molecule has 0 radical (unpaired) electrons. The lowest BCUT2D eigenvalue weighted by Gasteiger charge is -2.10. The molecule has 0 spiro atoms. The average molecular weight is 352 g/mol. The third-order valence-electron chi connectivity index (χ3n) is 4.27. The number of benzene rings is 2. The van der Waals surface area contributed by atoms with Gasteiger partial charge in [-0.15, -0.1) is 0 Å². The van der Waals surface area contributed by atoms with Crippen LogP contribution in [-0.4, -0.2) is 15.3 Å². The summed E-state index contributed by atoms with van der Waals surface area (Å²) in [6.45, 7) is 5.57. The molecule has 2 aromatic carbocycles. The van der Waals surface area contributed by atoms with E-state index in [2.05, 4.69) is 0 Å². The molecular weight excluding hydrogens is 332 g/mol. The van der Waals surface area contributed by atoms with E-state index < -0.39 is 5.43 Å². The Labute approximate surface area is 150 Å². The minimum Gasteiger partial charge on any atom is -0.508 e. The number of allylic oxidation sites excluding steroid dienone is 2. The molecular formula is C21H20O5. The van der Waals surface area contributed by atoms with Crippen LogP contribution in [0.4, 0.5) is 0 Å². The zero-order valence-corrected chi connectivity index (χ0v) is 14.8. The first-order valence-corrected chi connectivity index (χ1v) is 8.23. The third-order valence-corrected chi connectivity index (χ3v) is 4.27. The fraction of sp³-hybridized carbons (Fsp3) is 0.190. The van der Waals surface area contributed by atoms with Gasteiger partial charge < -0.3 is 19.7 Å². The molecule has 0 aliphatic heterocycles. The van der Waals surface area contributed by atoms with Crippen LogP contribution in [0.3, 0.4) is 0 Å². The molecule has 1 heterocycles. The Morgan fingerprint density at radius 3 is 2.46 bits per heavy atom. The maximum Gasteiger partial charge on any atom is 0.197 e. The van der Waals surface area contributed by atoms with Gasteiger partial charge in [0.05, 0.1) is 0 Å². The second kappa shape index (κ2) is 6.59. The largest absolute Gasteiger partial charge is 0.508 e. The summed E-state index contributed by atoms with van der Waals surface area (Å²) in [7, 11) is 0. The van der Waals surface area contributed by atoms with E-state index in [4.69, 9.17) is 4.42 Å². The van der Waals surface area contributed by atoms with Crippen LogP contribution < -0.4 is 5.43 Å². The summed E-state index contributed by atoms with van der Waals surface area (Å²) in [4.78, 5) is 12.6. The molecule has 26 heavy (non-hydrogen) atoms. The van der Waals surface area contributed by atoms with E-state index >= 15 is 0 Å². The fourth-order valence-corrected chi connectivity index (χ4v) is 2.79. The Kier molecular flexibility index (Phi) is 4.47. The second-order valence-corrected chi connectivity index (χ2v) is 6.56. The fourth-order valence-electron chi connectivity index (χ4n) is 2.79. The molecule has 0 bridgehead atoms. The van der Waals surface area contributed by atoms with E-state index in [-0.39, 0.29) is 28.2 Å². The molecule has 5 heteroatoms. The first-order chi connectivity index (χ1) is 12.3. The molecule has 0 aliphatic rings. The highest BCUT2D eigenvalue weighted by molar-refractivity contribution is 5.88. The van der Waals surface area contributed by atoms with Crippen LogP contribution in [0.1, 0.15) is 25.0 Å². The topological polar surface area (TPSA) is 90.9 Å². The number of phenolic OH excluding ortho intramolecular Hbond substituents is 3. The van der Waals surface area contributed by atoms with E-state index in [0.717, 1.165) is 5.57 Å². The first kappa shape index (κ1) is 17.6. The van der Waals surface area contributed by atoms with Gasteiger partial charge in [0, 0.05) is 23.3 Å². The normalized spacial score (nSPS) is 10.9. The Bertz CT molecular complexity index is 1090. The monoisotopic (exact) mass is 352 g/mol. The molecule has 3 rings (SSSR count). The van der Waals surface area contributed by atoms with Gasteiger partial charge in [-0.2, -0.15) is 0 Å². The summed E-state index contributed by atoms with van der Waals surface area (Å²) in [5, 5.41) is 30.4. The quantitative estimate of drug-likeness (QED) is 0.608. The predicted molar refractivity (Wildman–Crippen MR) is 101 cm³/mol. The van der Waals surface area contributed by atoms with Crippen molar-refractivity contribution in [2.24, 2.45) is 0 Å². The Morgan fingerprint density at radius 1 is 1.08 bits per heavy atom.